The molecular formula is C17H20N4O. The third-order valence-corrected chi connectivity index (χ3v) is 3.59. The average Bonchev–Trinajstić information content (AvgIpc) is 2.89. The fourth-order valence-electron chi connectivity index (χ4n) is 2.55. The van der Waals surface area contributed by atoms with Gasteiger partial charge in [-0.1, -0.05) is 30.3 Å². The van der Waals surface area contributed by atoms with Gasteiger partial charge in [0.05, 0.1) is 24.9 Å². The Morgan fingerprint density at radius 3 is 2.86 bits per heavy atom. The molecule has 1 aromatic carbocycles. The Balaban J connectivity index is 1.63. The molecule has 114 valence electrons. The number of amidine groups is 1. The number of ether oxygens (including phenoxy) is 1. The summed E-state index contributed by atoms with van der Waals surface area (Å²) in [5, 5.41) is 6.37. The molecule has 0 radical (unpaired) electrons. The number of nitrogens with two attached hydrogens (primary N) is 1. The summed E-state index contributed by atoms with van der Waals surface area (Å²) < 4.78 is 5.85. The molecule has 0 saturated carbocycles. The van der Waals surface area contributed by atoms with Gasteiger partial charge >= 0.3 is 0 Å². The maximum absolute atomic E-state index is 5.91. The molecule has 0 spiro atoms. The third kappa shape index (κ3) is 3.43. The van der Waals surface area contributed by atoms with E-state index in [1.165, 1.54) is 5.56 Å². The van der Waals surface area contributed by atoms with Crippen molar-refractivity contribution in [1.29, 1.82) is 0 Å². The summed E-state index contributed by atoms with van der Waals surface area (Å²) in [5.41, 5.74) is 9.04. The van der Waals surface area contributed by atoms with Crippen LogP contribution in [0.25, 0.3) is 0 Å². The van der Waals surface area contributed by atoms with Crippen molar-refractivity contribution in [2.45, 2.75) is 26.0 Å². The van der Waals surface area contributed by atoms with E-state index in [1.54, 1.807) is 6.20 Å². The van der Waals surface area contributed by atoms with E-state index in [-0.39, 0.29) is 6.04 Å². The summed E-state index contributed by atoms with van der Waals surface area (Å²) in [4.78, 5) is 4.22. The molecule has 1 aromatic heterocycles. The van der Waals surface area contributed by atoms with Gasteiger partial charge in [0, 0.05) is 18.3 Å². The quantitative estimate of drug-likeness (QED) is 0.920. The number of aromatic nitrogens is 1. The molecule has 0 aliphatic carbocycles. The van der Waals surface area contributed by atoms with E-state index >= 15 is 0 Å². The van der Waals surface area contributed by atoms with Crippen molar-refractivity contribution in [3.05, 3.63) is 59.9 Å². The lowest BCUT2D eigenvalue weighted by atomic mass is 10.2. The van der Waals surface area contributed by atoms with Crippen LogP contribution in [0.1, 0.15) is 17.7 Å². The molecule has 22 heavy (non-hydrogen) atoms. The SMILES string of the molecule is Cc1cc(N2N=C(N)CC2COCc2ccccc2)ccn1. The summed E-state index contributed by atoms with van der Waals surface area (Å²) in [6.07, 6.45) is 2.51. The Hall–Kier alpha value is -2.40. The van der Waals surface area contributed by atoms with Crippen LogP contribution in [0.2, 0.25) is 0 Å². The second-order valence-corrected chi connectivity index (χ2v) is 5.45. The first-order valence-corrected chi connectivity index (χ1v) is 7.39. The first-order chi connectivity index (χ1) is 10.7. The molecule has 0 saturated heterocycles. The van der Waals surface area contributed by atoms with Crippen molar-refractivity contribution in [2.24, 2.45) is 10.8 Å². The van der Waals surface area contributed by atoms with Crippen LogP contribution in [-0.2, 0) is 11.3 Å². The number of nitrogens with zero attached hydrogens (tertiary/aromatic N) is 3. The molecule has 2 N–H and O–H groups in total. The van der Waals surface area contributed by atoms with Crippen molar-refractivity contribution in [2.75, 3.05) is 11.6 Å². The van der Waals surface area contributed by atoms with Gasteiger partial charge in [0.25, 0.3) is 0 Å². The highest BCUT2D eigenvalue weighted by atomic mass is 16.5. The predicted molar refractivity (Wildman–Crippen MR) is 87.6 cm³/mol. The molecule has 0 fully saturated rings. The highest BCUT2D eigenvalue weighted by molar-refractivity contribution is 5.85. The minimum absolute atomic E-state index is 0.130. The topological polar surface area (TPSA) is 63.7 Å². The van der Waals surface area contributed by atoms with Crippen LogP contribution in [0, 0.1) is 6.92 Å². The highest BCUT2D eigenvalue weighted by Gasteiger charge is 2.26. The number of hydrogen-bond donors (Lipinski definition) is 1. The van der Waals surface area contributed by atoms with E-state index in [0.717, 1.165) is 17.8 Å². The van der Waals surface area contributed by atoms with Crippen molar-refractivity contribution < 1.29 is 4.74 Å². The van der Waals surface area contributed by atoms with E-state index in [4.69, 9.17) is 10.5 Å². The Bertz CT molecular complexity index is 657. The molecule has 3 rings (SSSR count). The van der Waals surface area contributed by atoms with E-state index < -0.39 is 0 Å². The molecule has 1 aliphatic heterocycles. The fourth-order valence-corrected chi connectivity index (χ4v) is 2.55. The van der Waals surface area contributed by atoms with Crippen molar-refractivity contribution >= 4 is 11.5 Å². The van der Waals surface area contributed by atoms with E-state index in [0.29, 0.717) is 19.0 Å². The van der Waals surface area contributed by atoms with Gasteiger partial charge in [-0.2, -0.15) is 5.10 Å². The van der Waals surface area contributed by atoms with Gasteiger partial charge < -0.3 is 10.5 Å². The molecule has 5 heteroatoms. The molecular weight excluding hydrogens is 276 g/mol. The van der Waals surface area contributed by atoms with Crippen molar-refractivity contribution in [3.63, 3.8) is 0 Å². The van der Waals surface area contributed by atoms with Gasteiger partial charge in [-0.15, -0.1) is 0 Å². The average molecular weight is 296 g/mol. The number of rotatable bonds is 5. The fraction of sp³-hybridized carbons (Fsp3) is 0.294. The predicted octanol–water partition coefficient (Wildman–Crippen LogP) is 2.46. The maximum atomic E-state index is 5.91. The zero-order valence-corrected chi connectivity index (χ0v) is 12.6. The Morgan fingerprint density at radius 1 is 1.27 bits per heavy atom. The zero-order chi connectivity index (χ0) is 15.4. The van der Waals surface area contributed by atoms with Crippen LogP contribution < -0.4 is 10.7 Å². The Labute approximate surface area is 130 Å². The molecule has 0 amide bonds. The van der Waals surface area contributed by atoms with Gasteiger partial charge in [-0.25, -0.2) is 0 Å². The van der Waals surface area contributed by atoms with E-state index in [9.17, 15) is 0 Å². The summed E-state index contributed by atoms with van der Waals surface area (Å²) >= 11 is 0. The van der Waals surface area contributed by atoms with Crippen LogP contribution >= 0.6 is 0 Å². The number of hydrogen-bond acceptors (Lipinski definition) is 5. The standard InChI is InChI=1S/C17H20N4O/c1-13-9-15(7-8-19-13)21-16(10-17(18)20-21)12-22-11-14-5-3-2-4-6-14/h2-9,16H,10-12H2,1H3,(H2,18,20). The van der Waals surface area contributed by atoms with Crippen LogP contribution in [0.3, 0.4) is 0 Å². The summed E-state index contributed by atoms with van der Waals surface area (Å²) in [6.45, 7) is 3.15. The monoisotopic (exact) mass is 296 g/mol. The van der Waals surface area contributed by atoms with Crippen LogP contribution in [-0.4, -0.2) is 23.5 Å². The molecule has 5 nitrogen and oxygen atoms in total. The van der Waals surface area contributed by atoms with Gasteiger partial charge in [-0.3, -0.25) is 9.99 Å². The smallest absolute Gasteiger partial charge is 0.122 e. The summed E-state index contributed by atoms with van der Waals surface area (Å²) in [5.74, 6) is 0.641. The molecule has 1 aliphatic rings. The third-order valence-electron chi connectivity index (χ3n) is 3.59. The number of hydrazone groups is 1. The molecule has 2 aromatic rings. The van der Waals surface area contributed by atoms with Crippen LogP contribution in [0.15, 0.2) is 53.8 Å². The summed E-state index contributed by atoms with van der Waals surface area (Å²) in [6, 6.07) is 14.2. The highest BCUT2D eigenvalue weighted by Crippen LogP contribution is 2.24. The minimum Gasteiger partial charge on any atom is -0.386 e. The summed E-state index contributed by atoms with van der Waals surface area (Å²) in [7, 11) is 0. The maximum Gasteiger partial charge on any atom is 0.122 e. The van der Waals surface area contributed by atoms with Crippen LogP contribution in [0.5, 0.6) is 0 Å². The lowest BCUT2D eigenvalue weighted by Gasteiger charge is -2.23. The van der Waals surface area contributed by atoms with Gasteiger partial charge in [0.15, 0.2) is 0 Å². The van der Waals surface area contributed by atoms with Crippen LogP contribution in [0.4, 0.5) is 5.69 Å². The molecule has 1 atom stereocenters. The first-order valence-electron chi connectivity index (χ1n) is 7.39. The second kappa shape index (κ2) is 6.58. The number of pyridine rings is 1. The number of anilines is 1. The normalized spacial score (nSPS) is 17.6. The lowest BCUT2D eigenvalue weighted by Crippen LogP contribution is -2.31. The molecule has 1 unspecified atom stereocenters. The van der Waals surface area contributed by atoms with Gasteiger partial charge in [0.1, 0.15) is 5.84 Å². The second-order valence-electron chi connectivity index (χ2n) is 5.45. The zero-order valence-electron chi connectivity index (χ0n) is 12.6. The molecule has 2 heterocycles. The molecule has 0 bridgehead atoms. The minimum atomic E-state index is 0.130. The Morgan fingerprint density at radius 2 is 2.09 bits per heavy atom. The first kappa shape index (κ1) is 14.5. The van der Waals surface area contributed by atoms with E-state index in [2.05, 4.69) is 22.2 Å². The number of benzene rings is 1. The lowest BCUT2D eigenvalue weighted by molar-refractivity contribution is 0.109. The number of aryl methyl sites for hydroxylation is 1. The van der Waals surface area contributed by atoms with E-state index in [1.807, 2.05) is 42.3 Å². The van der Waals surface area contributed by atoms with Gasteiger partial charge in [-0.05, 0) is 24.6 Å². The Kier molecular flexibility index (Phi) is 4.34. The van der Waals surface area contributed by atoms with Crippen molar-refractivity contribution in [1.82, 2.24) is 4.98 Å². The largest absolute Gasteiger partial charge is 0.386 e. The van der Waals surface area contributed by atoms with Gasteiger partial charge in [0.2, 0.25) is 0 Å². The van der Waals surface area contributed by atoms with Crippen molar-refractivity contribution in [3.8, 4) is 0 Å².